The van der Waals surface area contributed by atoms with Crippen molar-refractivity contribution in [3.63, 3.8) is 0 Å². The predicted octanol–water partition coefficient (Wildman–Crippen LogP) is 3.22. The Morgan fingerprint density at radius 1 is 1.00 bits per heavy atom. The van der Waals surface area contributed by atoms with Gasteiger partial charge in [-0.1, -0.05) is 6.07 Å². The van der Waals surface area contributed by atoms with Crippen LogP contribution in [-0.4, -0.2) is 5.11 Å². The van der Waals surface area contributed by atoms with Crippen LogP contribution in [0.5, 0.6) is 0 Å². The van der Waals surface area contributed by atoms with E-state index in [0.717, 1.165) is 5.69 Å². The van der Waals surface area contributed by atoms with Gasteiger partial charge in [-0.3, -0.25) is 0 Å². The van der Waals surface area contributed by atoms with E-state index < -0.39 is 0 Å². The Bertz CT molecular complexity index is 554. The highest BCUT2D eigenvalue weighted by Gasteiger charge is 1.99. The minimum absolute atomic E-state index is 0.310. The summed E-state index contributed by atoms with van der Waals surface area (Å²) in [6.07, 6.45) is 0. The number of rotatable bonds is 2. The van der Waals surface area contributed by atoms with Gasteiger partial charge in [-0.2, -0.15) is 0 Å². The van der Waals surface area contributed by atoms with Crippen molar-refractivity contribution in [3.05, 3.63) is 54.3 Å². The molecule has 18 heavy (non-hydrogen) atoms. The molecule has 0 heterocycles. The third-order valence-corrected chi connectivity index (χ3v) is 2.46. The number of nitrogens with two attached hydrogens (primary N) is 1. The lowest BCUT2D eigenvalue weighted by Gasteiger charge is -2.10. The summed E-state index contributed by atoms with van der Waals surface area (Å²) in [7, 11) is 0. The fourth-order valence-electron chi connectivity index (χ4n) is 1.43. The zero-order chi connectivity index (χ0) is 13.0. The molecule has 2 aromatic carbocycles. The molecule has 0 aliphatic rings. The molecule has 0 saturated heterocycles. The van der Waals surface area contributed by atoms with Gasteiger partial charge in [0.2, 0.25) is 0 Å². The monoisotopic (exact) mass is 261 g/mol. The van der Waals surface area contributed by atoms with Gasteiger partial charge in [0.1, 0.15) is 5.82 Å². The van der Waals surface area contributed by atoms with Crippen molar-refractivity contribution in [1.82, 2.24) is 0 Å². The molecule has 0 fully saturated rings. The summed E-state index contributed by atoms with van der Waals surface area (Å²) in [6, 6.07) is 13.3. The second-order valence-corrected chi connectivity index (χ2v) is 4.12. The van der Waals surface area contributed by atoms with E-state index in [1.807, 2.05) is 12.1 Å². The van der Waals surface area contributed by atoms with E-state index in [1.165, 1.54) is 12.1 Å². The summed E-state index contributed by atoms with van der Waals surface area (Å²) in [5.74, 6) is -0.310. The summed E-state index contributed by atoms with van der Waals surface area (Å²) in [5.41, 5.74) is 7.68. The second-order valence-electron chi connectivity index (χ2n) is 3.71. The number of hydrogen-bond donors (Lipinski definition) is 3. The maximum absolute atomic E-state index is 13.0. The largest absolute Gasteiger partial charge is 0.399 e. The number of nitrogens with one attached hydrogen (secondary N) is 2. The summed E-state index contributed by atoms with van der Waals surface area (Å²) >= 11 is 5.12. The molecule has 0 amide bonds. The first-order valence-corrected chi connectivity index (χ1v) is 5.73. The lowest BCUT2D eigenvalue weighted by Crippen LogP contribution is -2.19. The molecule has 3 nitrogen and oxygen atoms in total. The summed E-state index contributed by atoms with van der Waals surface area (Å²) < 4.78 is 13.0. The topological polar surface area (TPSA) is 50.1 Å². The molecule has 0 unspecified atom stereocenters. The van der Waals surface area contributed by atoms with Crippen molar-refractivity contribution in [2.45, 2.75) is 0 Å². The number of nitrogen functional groups attached to an aromatic ring is 1. The van der Waals surface area contributed by atoms with Crippen LogP contribution in [0, 0.1) is 5.82 Å². The Morgan fingerprint density at radius 3 is 2.33 bits per heavy atom. The molecule has 0 atom stereocenters. The van der Waals surface area contributed by atoms with Gasteiger partial charge in [0, 0.05) is 17.1 Å². The summed E-state index contributed by atoms with van der Waals surface area (Å²) in [6.45, 7) is 0. The molecule has 0 aliphatic carbocycles. The van der Waals surface area contributed by atoms with Crippen molar-refractivity contribution in [2.75, 3.05) is 16.4 Å². The summed E-state index contributed by atoms with van der Waals surface area (Å²) in [4.78, 5) is 0. The molecule has 0 spiro atoms. The Balaban J connectivity index is 1.98. The number of halogens is 1. The van der Waals surface area contributed by atoms with Gasteiger partial charge in [-0.05, 0) is 54.7 Å². The smallest absolute Gasteiger partial charge is 0.175 e. The zero-order valence-electron chi connectivity index (χ0n) is 9.48. The van der Waals surface area contributed by atoms with Crippen molar-refractivity contribution in [2.24, 2.45) is 0 Å². The molecular formula is C13H12FN3S. The highest BCUT2D eigenvalue weighted by Crippen LogP contribution is 2.12. The molecule has 0 radical (unpaired) electrons. The van der Waals surface area contributed by atoms with Crippen LogP contribution in [0.25, 0.3) is 0 Å². The molecule has 0 aliphatic heterocycles. The second kappa shape index (κ2) is 5.46. The van der Waals surface area contributed by atoms with Crippen LogP contribution >= 0.6 is 12.2 Å². The van der Waals surface area contributed by atoms with Crippen LogP contribution in [0.1, 0.15) is 0 Å². The molecule has 0 saturated carbocycles. The highest BCUT2D eigenvalue weighted by atomic mass is 32.1. The van der Waals surface area contributed by atoms with Gasteiger partial charge < -0.3 is 16.4 Å². The standard InChI is InChI=1S/C13H12FN3S/c14-9-2-1-3-12(8-9)17-13(18)16-11-6-4-10(15)5-7-11/h1-8H,15H2,(H2,16,17,18). The van der Waals surface area contributed by atoms with Crippen LogP contribution in [-0.2, 0) is 0 Å². The van der Waals surface area contributed by atoms with E-state index in [1.54, 1.807) is 24.3 Å². The maximum Gasteiger partial charge on any atom is 0.175 e. The predicted molar refractivity (Wildman–Crippen MR) is 77.1 cm³/mol. The fraction of sp³-hybridized carbons (Fsp3) is 0. The normalized spacial score (nSPS) is 9.83. The third-order valence-electron chi connectivity index (χ3n) is 2.25. The molecule has 2 aromatic rings. The average molecular weight is 261 g/mol. The van der Waals surface area contributed by atoms with Crippen LogP contribution in [0.15, 0.2) is 48.5 Å². The SMILES string of the molecule is Nc1ccc(NC(=S)Nc2cccc(F)c2)cc1. The minimum Gasteiger partial charge on any atom is -0.399 e. The van der Waals surface area contributed by atoms with Crippen molar-refractivity contribution >= 4 is 34.4 Å². The van der Waals surface area contributed by atoms with Gasteiger partial charge >= 0.3 is 0 Å². The van der Waals surface area contributed by atoms with Gasteiger partial charge in [-0.25, -0.2) is 4.39 Å². The number of benzene rings is 2. The van der Waals surface area contributed by atoms with Gasteiger partial charge in [0.25, 0.3) is 0 Å². The molecule has 5 heteroatoms. The molecule has 92 valence electrons. The highest BCUT2D eigenvalue weighted by molar-refractivity contribution is 7.80. The first-order chi connectivity index (χ1) is 8.63. The quantitative estimate of drug-likeness (QED) is 0.574. The van der Waals surface area contributed by atoms with Gasteiger partial charge in [0.05, 0.1) is 0 Å². The van der Waals surface area contributed by atoms with E-state index in [2.05, 4.69) is 10.6 Å². The maximum atomic E-state index is 13.0. The van der Waals surface area contributed by atoms with E-state index in [-0.39, 0.29) is 5.82 Å². The van der Waals surface area contributed by atoms with Gasteiger partial charge in [0.15, 0.2) is 5.11 Å². The Labute approximate surface area is 110 Å². The molecule has 4 N–H and O–H groups in total. The Hall–Kier alpha value is -2.14. The van der Waals surface area contributed by atoms with E-state index >= 15 is 0 Å². The Kier molecular flexibility index (Phi) is 3.74. The summed E-state index contributed by atoms with van der Waals surface area (Å²) in [5, 5.41) is 6.27. The van der Waals surface area contributed by atoms with Crippen LogP contribution < -0.4 is 16.4 Å². The number of thiocarbonyl (C=S) groups is 1. The molecule has 0 aromatic heterocycles. The number of anilines is 3. The van der Waals surface area contributed by atoms with E-state index in [4.69, 9.17) is 18.0 Å². The first-order valence-electron chi connectivity index (χ1n) is 5.32. The minimum atomic E-state index is -0.310. The van der Waals surface area contributed by atoms with E-state index in [9.17, 15) is 4.39 Å². The number of hydrogen-bond acceptors (Lipinski definition) is 2. The van der Waals surface area contributed by atoms with Crippen LogP contribution in [0.4, 0.5) is 21.5 Å². The Morgan fingerprint density at radius 2 is 1.67 bits per heavy atom. The average Bonchev–Trinajstić information content (AvgIpc) is 2.32. The van der Waals surface area contributed by atoms with Crippen molar-refractivity contribution in [1.29, 1.82) is 0 Å². The lowest BCUT2D eigenvalue weighted by atomic mass is 10.3. The lowest BCUT2D eigenvalue weighted by molar-refractivity contribution is 0.628. The van der Waals surface area contributed by atoms with Crippen molar-refractivity contribution < 1.29 is 4.39 Å². The fourth-order valence-corrected chi connectivity index (χ4v) is 1.66. The van der Waals surface area contributed by atoms with E-state index in [0.29, 0.717) is 16.5 Å². The molecule has 0 bridgehead atoms. The molecule has 2 rings (SSSR count). The van der Waals surface area contributed by atoms with Crippen molar-refractivity contribution in [3.8, 4) is 0 Å². The van der Waals surface area contributed by atoms with Crippen LogP contribution in [0.3, 0.4) is 0 Å². The third kappa shape index (κ3) is 3.43. The zero-order valence-corrected chi connectivity index (χ0v) is 10.3. The van der Waals surface area contributed by atoms with Crippen LogP contribution in [0.2, 0.25) is 0 Å². The van der Waals surface area contributed by atoms with Gasteiger partial charge in [-0.15, -0.1) is 0 Å². The molecular weight excluding hydrogens is 249 g/mol. The first kappa shape index (κ1) is 12.3.